The number of rotatable bonds is 7. The molecule has 8 nitrogen and oxygen atoms in total. The molecule has 1 aliphatic rings. The van der Waals surface area contributed by atoms with Crippen molar-refractivity contribution < 1.29 is 36.3 Å². The molecular weight excluding hydrogens is 494 g/mol. The first kappa shape index (κ1) is 25.1. The maximum Gasteiger partial charge on any atom is 0.337 e. The monoisotopic (exact) mass is 514 g/mol. The zero-order valence-electron chi connectivity index (χ0n) is 18.9. The Hall–Kier alpha value is -3.96. The number of carbonyl (C=O) groups is 3. The van der Waals surface area contributed by atoms with Gasteiger partial charge in [0.1, 0.15) is 17.7 Å². The molecule has 0 N–H and O–H groups in total. The van der Waals surface area contributed by atoms with Crippen LogP contribution in [-0.4, -0.2) is 43.7 Å². The Morgan fingerprint density at radius 3 is 2.06 bits per heavy atom. The lowest BCUT2D eigenvalue weighted by Crippen LogP contribution is -2.45. The molecule has 3 aromatic rings. The highest BCUT2D eigenvalue weighted by Crippen LogP contribution is 2.31. The second-order valence-electron chi connectivity index (χ2n) is 7.96. The van der Waals surface area contributed by atoms with E-state index in [4.69, 9.17) is 0 Å². The summed E-state index contributed by atoms with van der Waals surface area (Å²) < 4.78 is 59.4. The van der Waals surface area contributed by atoms with Crippen LogP contribution < -0.4 is 4.90 Å². The number of sulfonamides is 1. The van der Waals surface area contributed by atoms with Gasteiger partial charge in [0.2, 0.25) is 15.9 Å². The van der Waals surface area contributed by atoms with Crippen molar-refractivity contribution in [1.82, 2.24) is 4.31 Å². The van der Waals surface area contributed by atoms with E-state index in [9.17, 15) is 31.6 Å². The first-order valence-corrected chi connectivity index (χ1v) is 12.1. The molecule has 0 aliphatic carbocycles. The Bertz CT molecular complexity index is 1410. The van der Waals surface area contributed by atoms with Crippen molar-refractivity contribution in [2.24, 2.45) is 0 Å². The molecule has 1 atom stereocenters. The average Bonchev–Trinajstić information content (AvgIpc) is 3.16. The number of nitrogens with zero attached hydrogens (tertiary/aromatic N) is 2. The largest absolute Gasteiger partial charge is 0.465 e. The fraction of sp³-hybridized carbons (Fsp3) is 0.160. The summed E-state index contributed by atoms with van der Waals surface area (Å²) >= 11 is 0. The van der Waals surface area contributed by atoms with E-state index >= 15 is 0 Å². The zero-order valence-corrected chi connectivity index (χ0v) is 19.7. The molecule has 0 spiro atoms. The van der Waals surface area contributed by atoms with E-state index in [1.165, 1.54) is 43.5 Å². The maximum absolute atomic E-state index is 13.5. The van der Waals surface area contributed by atoms with E-state index < -0.39 is 51.9 Å². The molecule has 36 heavy (non-hydrogen) atoms. The number of hydrogen-bond donors (Lipinski definition) is 0. The third-order valence-electron chi connectivity index (χ3n) is 5.69. The number of anilines is 1. The summed E-state index contributed by atoms with van der Waals surface area (Å²) in [7, 11) is -3.17. The number of benzene rings is 3. The van der Waals surface area contributed by atoms with Gasteiger partial charge in [-0.15, -0.1) is 0 Å². The van der Waals surface area contributed by atoms with Crippen molar-refractivity contribution in [3.8, 4) is 0 Å². The molecule has 186 valence electrons. The van der Waals surface area contributed by atoms with Gasteiger partial charge in [0.05, 0.1) is 29.7 Å². The normalized spacial score (nSPS) is 16.0. The van der Waals surface area contributed by atoms with E-state index in [2.05, 4.69) is 4.74 Å². The van der Waals surface area contributed by atoms with Gasteiger partial charge in [-0.25, -0.2) is 26.9 Å². The van der Waals surface area contributed by atoms with Crippen molar-refractivity contribution in [2.45, 2.75) is 23.9 Å². The predicted octanol–water partition coefficient (Wildman–Crippen LogP) is 3.27. The van der Waals surface area contributed by atoms with Crippen molar-refractivity contribution in [1.29, 1.82) is 0 Å². The number of carbonyl (C=O) groups excluding carboxylic acids is 3. The van der Waals surface area contributed by atoms with Gasteiger partial charge in [-0.3, -0.25) is 9.59 Å². The van der Waals surface area contributed by atoms with Gasteiger partial charge >= 0.3 is 5.97 Å². The number of hydrogen-bond acceptors (Lipinski definition) is 6. The summed E-state index contributed by atoms with van der Waals surface area (Å²) in [6.07, 6.45) is -0.445. The number of amides is 2. The summed E-state index contributed by atoms with van der Waals surface area (Å²) in [5.41, 5.74) is 0.734. The van der Waals surface area contributed by atoms with Crippen LogP contribution in [0.1, 0.15) is 22.3 Å². The SMILES string of the molecule is COC(=O)c1ccc(N2C(=O)CC(N(Cc3ccc(F)cc3)S(=O)(=O)c3ccc(F)cc3)C2=O)cc1. The summed E-state index contributed by atoms with van der Waals surface area (Å²) in [5, 5.41) is 0. The van der Waals surface area contributed by atoms with Crippen LogP contribution in [0.5, 0.6) is 0 Å². The van der Waals surface area contributed by atoms with Crippen LogP contribution in [0, 0.1) is 11.6 Å². The fourth-order valence-corrected chi connectivity index (χ4v) is 5.42. The van der Waals surface area contributed by atoms with Gasteiger partial charge in [-0.05, 0) is 66.2 Å². The quantitative estimate of drug-likeness (QED) is 0.354. The number of halogens is 2. The summed E-state index contributed by atoms with van der Waals surface area (Å²) in [6, 6.07) is 13.2. The maximum atomic E-state index is 13.5. The van der Waals surface area contributed by atoms with E-state index in [-0.39, 0.29) is 22.7 Å². The standard InChI is InChI=1S/C25H20F2N2O6S/c1-35-25(32)17-4-10-20(11-5-17)29-23(30)14-22(24(29)31)28(15-16-2-6-18(26)7-3-16)36(33,34)21-12-8-19(27)9-13-21/h2-13,22H,14-15H2,1H3. The third kappa shape index (κ3) is 4.88. The minimum Gasteiger partial charge on any atom is -0.465 e. The minimum atomic E-state index is -4.38. The van der Waals surface area contributed by atoms with Crippen molar-refractivity contribution in [3.05, 3.63) is 95.6 Å². The lowest BCUT2D eigenvalue weighted by atomic mass is 10.2. The van der Waals surface area contributed by atoms with Crippen molar-refractivity contribution in [3.63, 3.8) is 0 Å². The lowest BCUT2D eigenvalue weighted by molar-refractivity contribution is -0.122. The molecule has 1 aliphatic heterocycles. The molecular formula is C25H20F2N2O6S. The number of ether oxygens (including phenoxy) is 1. The van der Waals surface area contributed by atoms with Crippen LogP contribution in [0.2, 0.25) is 0 Å². The van der Waals surface area contributed by atoms with Gasteiger partial charge in [-0.2, -0.15) is 4.31 Å². The van der Waals surface area contributed by atoms with E-state index in [1.54, 1.807) is 0 Å². The van der Waals surface area contributed by atoms with Gasteiger partial charge in [0.25, 0.3) is 5.91 Å². The first-order chi connectivity index (χ1) is 17.1. The van der Waals surface area contributed by atoms with Crippen LogP contribution >= 0.6 is 0 Å². The predicted molar refractivity (Wildman–Crippen MR) is 124 cm³/mol. The van der Waals surface area contributed by atoms with E-state index in [1.807, 2.05) is 0 Å². The van der Waals surface area contributed by atoms with E-state index in [0.29, 0.717) is 5.56 Å². The van der Waals surface area contributed by atoms with Crippen LogP contribution in [0.25, 0.3) is 0 Å². The molecule has 0 radical (unpaired) electrons. The smallest absolute Gasteiger partial charge is 0.337 e. The molecule has 0 aromatic heterocycles. The average molecular weight is 515 g/mol. The molecule has 1 saturated heterocycles. The number of esters is 1. The van der Waals surface area contributed by atoms with Gasteiger partial charge < -0.3 is 4.74 Å². The molecule has 1 heterocycles. The van der Waals surface area contributed by atoms with Crippen molar-refractivity contribution in [2.75, 3.05) is 12.0 Å². The molecule has 2 amide bonds. The van der Waals surface area contributed by atoms with E-state index in [0.717, 1.165) is 45.6 Å². The molecule has 0 bridgehead atoms. The Labute approximate surface area is 205 Å². The zero-order chi connectivity index (χ0) is 26.0. The van der Waals surface area contributed by atoms with Gasteiger partial charge in [0, 0.05) is 6.54 Å². The first-order valence-electron chi connectivity index (χ1n) is 10.7. The molecule has 1 unspecified atom stereocenters. The highest BCUT2D eigenvalue weighted by molar-refractivity contribution is 7.89. The Morgan fingerprint density at radius 2 is 1.50 bits per heavy atom. The fourth-order valence-electron chi connectivity index (χ4n) is 3.85. The Balaban J connectivity index is 1.71. The Kier molecular flexibility index (Phi) is 6.95. The lowest BCUT2D eigenvalue weighted by Gasteiger charge is -2.27. The molecule has 0 saturated carbocycles. The number of methoxy groups -OCH3 is 1. The highest BCUT2D eigenvalue weighted by Gasteiger charge is 2.47. The summed E-state index contributed by atoms with van der Waals surface area (Å²) in [6.45, 7) is -0.335. The number of imide groups is 1. The van der Waals surface area contributed by atoms with Gasteiger partial charge in [-0.1, -0.05) is 12.1 Å². The van der Waals surface area contributed by atoms with Crippen LogP contribution in [0.15, 0.2) is 77.7 Å². The second kappa shape index (κ2) is 9.96. The van der Waals surface area contributed by atoms with Crippen LogP contribution in [0.3, 0.4) is 0 Å². The summed E-state index contributed by atoms with van der Waals surface area (Å²) in [5.74, 6) is -3.21. The van der Waals surface area contributed by atoms with Crippen molar-refractivity contribution >= 4 is 33.5 Å². The molecule has 3 aromatic carbocycles. The molecule has 11 heteroatoms. The van der Waals surface area contributed by atoms with Crippen LogP contribution in [-0.2, 0) is 30.9 Å². The van der Waals surface area contributed by atoms with Crippen LogP contribution in [0.4, 0.5) is 14.5 Å². The highest BCUT2D eigenvalue weighted by atomic mass is 32.2. The molecule has 1 fully saturated rings. The minimum absolute atomic E-state index is 0.154. The Morgan fingerprint density at radius 1 is 0.944 bits per heavy atom. The molecule has 4 rings (SSSR count). The third-order valence-corrected chi connectivity index (χ3v) is 7.56. The topological polar surface area (TPSA) is 101 Å². The second-order valence-corrected chi connectivity index (χ2v) is 9.85. The summed E-state index contributed by atoms with van der Waals surface area (Å²) in [4.78, 5) is 38.5. The van der Waals surface area contributed by atoms with Gasteiger partial charge in [0.15, 0.2) is 0 Å².